The molecule has 0 saturated heterocycles. The zero-order valence-corrected chi connectivity index (χ0v) is 10.1. The van der Waals surface area contributed by atoms with Crippen LogP contribution in [0.4, 0.5) is 4.39 Å². The highest BCUT2D eigenvalue weighted by Gasteiger charge is 2.34. The Morgan fingerprint density at radius 3 is 2.67 bits per heavy atom. The summed E-state index contributed by atoms with van der Waals surface area (Å²) in [6.45, 7) is 0. The number of hydrogen-bond donors (Lipinski definition) is 1. The third-order valence-corrected chi connectivity index (χ3v) is 4.28. The molecule has 1 saturated carbocycles. The minimum absolute atomic E-state index is 0.195. The van der Waals surface area contributed by atoms with E-state index >= 15 is 0 Å². The van der Waals surface area contributed by atoms with E-state index in [0.717, 1.165) is 22.1 Å². The van der Waals surface area contributed by atoms with Crippen LogP contribution < -0.4 is 5.73 Å². The van der Waals surface area contributed by atoms with Crippen molar-refractivity contribution in [3.05, 3.63) is 21.3 Å². The minimum atomic E-state index is -1.05. The maximum atomic E-state index is 14.3. The van der Waals surface area contributed by atoms with E-state index in [1.807, 2.05) is 12.1 Å². The van der Waals surface area contributed by atoms with Gasteiger partial charge < -0.3 is 5.73 Å². The van der Waals surface area contributed by atoms with Crippen molar-refractivity contribution in [1.29, 1.82) is 0 Å². The molecule has 1 heterocycles. The minimum Gasteiger partial charge on any atom is -0.328 e. The second kappa shape index (κ2) is 4.40. The second-order valence-corrected chi connectivity index (χ2v) is 6.17. The van der Waals surface area contributed by atoms with Crippen molar-refractivity contribution in [3.8, 4) is 0 Å². The fourth-order valence-electron chi connectivity index (χ4n) is 2.09. The van der Waals surface area contributed by atoms with Gasteiger partial charge in [0.1, 0.15) is 5.67 Å². The normalized spacial score (nSPS) is 31.8. The lowest BCUT2D eigenvalue weighted by molar-refractivity contribution is 0.100. The first-order chi connectivity index (χ1) is 7.07. The first kappa shape index (κ1) is 11.4. The van der Waals surface area contributed by atoms with E-state index in [-0.39, 0.29) is 6.04 Å². The summed E-state index contributed by atoms with van der Waals surface area (Å²) >= 11 is 7.30. The second-order valence-electron chi connectivity index (χ2n) is 4.37. The molecule has 0 spiro atoms. The molecule has 0 aliphatic heterocycles. The Morgan fingerprint density at radius 2 is 2.13 bits per heavy atom. The molecule has 1 nitrogen and oxygen atoms in total. The van der Waals surface area contributed by atoms with Crippen molar-refractivity contribution < 1.29 is 4.39 Å². The van der Waals surface area contributed by atoms with Crippen LogP contribution >= 0.6 is 22.9 Å². The molecule has 84 valence electrons. The van der Waals surface area contributed by atoms with E-state index in [9.17, 15) is 4.39 Å². The van der Waals surface area contributed by atoms with Gasteiger partial charge in [0.25, 0.3) is 0 Å². The zero-order chi connectivity index (χ0) is 10.9. The molecule has 0 amide bonds. The summed E-state index contributed by atoms with van der Waals surface area (Å²) in [5.41, 5.74) is 4.72. The summed E-state index contributed by atoms with van der Waals surface area (Å²) in [6, 6.07) is 3.95. The molecule has 1 aromatic rings. The molecule has 1 aliphatic carbocycles. The molecule has 0 radical (unpaired) electrons. The van der Waals surface area contributed by atoms with Gasteiger partial charge in [-0.05, 0) is 37.8 Å². The maximum absolute atomic E-state index is 14.3. The molecule has 0 unspecified atom stereocenters. The van der Waals surface area contributed by atoms with Crippen LogP contribution in [0, 0.1) is 0 Å². The van der Waals surface area contributed by atoms with E-state index < -0.39 is 5.67 Å². The van der Waals surface area contributed by atoms with E-state index in [0.29, 0.717) is 19.3 Å². The van der Waals surface area contributed by atoms with Gasteiger partial charge in [-0.1, -0.05) is 11.6 Å². The van der Waals surface area contributed by atoms with Gasteiger partial charge in [0.15, 0.2) is 0 Å². The molecule has 15 heavy (non-hydrogen) atoms. The third-order valence-electron chi connectivity index (χ3n) is 3.05. The Balaban J connectivity index is 1.99. The molecule has 1 aromatic heterocycles. The van der Waals surface area contributed by atoms with Crippen molar-refractivity contribution in [2.24, 2.45) is 5.73 Å². The molecule has 0 aromatic carbocycles. The molecule has 2 N–H and O–H groups in total. The average molecular weight is 248 g/mol. The topological polar surface area (TPSA) is 26.0 Å². The van der Waals surface area contributed by atoms with Gasteiger partial charge in [0, 0.05) is 17.3 Å². The first-order valence-corrected chi connectivity index (χ1v) is 6.46. The number of alkyl halides is 1. The highest BCUT2D eigenvalue weighted by atomic mass is 35.5. The number of hydrogen-bond acceptors (Lipinski definition) is 2. The zero-order valence-electron chi connectivity index (χ0n) is 8.51. The van der Waals surface area contributed by atoms with Crippen LogP contribution in [0.3, 0.4) is 0 Å². The summed E-state index contributed by atoms with van der Waals surface area (Å²) in [4.78, 5) is 1.04. The summed E-state index contributed by atoms with van der Waals surface area (Å²) < 4.78 is 15.1. The number of nitrogens with two attached hydrogens (primary N) is 1. The Kier molecular flexibility index (Phi) is 3.33. The third kappa shape index (κ3) is 2.92. The van der Waals surface area contributed by atoms with Crippen LogP contribution in [0.25, 0.3) is 0 Å². The standard InChI is InChI=1S/C11H15ClFNS/c12-10-2-1-9(15-10)7-11(13)5-3-8(14)4-6-11/h1-2,8H,3-7,14H2. The monoisotopic (exact) mass is 247 g/mol. The number of halogens is 2. The summed E-state index contributed by atoms with van der Waals surface area (Å²) in [5.74, 6) is 0. The molecule has 1 fully saturated rings. The highest BCUT2D eigenvalue weighted by molar-refractivity contribution is 7.16. The fourth-order valence-corrected chi connectivity index (χ4v) is 3.31. The number of thiophene rings is 1. The van der Waals surface area contributed by atoms with Crippen LogP contribution in [0.2, 0.25) is 4.34 Å². The van der Waals surface area contributed by atoms with Gasteiger partial charge in [-0.2, -0.15) is 0 Å². The van der Waals surface area contributed by atoms with Crippen LogP contribution in [0.1, 0.15) is 30.6 Å². The Bertz CT molecular complexity index is 331. The molecule has 0 atom stereocenters. The summed E-state index contributed by atoms with van der Waals surface area (Å²) in [6.07, 6.45) is 3.27. The quantitative estimate of drug-likeness (QED) is 0.850. The lowest BCUT2D eigenvalue weighted by Gasteiger charge is -2.32. The lowest BCUT2D eigenvalue weighted by Crippen LogP contribution is -2.36. The van der Waals surface area contributed by atoms with Crippen LogP contribution in [0.15, 0.2) is 12.1 Å². The smallest absolute Gasteiger partial charge is 0.116 e. The Hall–Kier alpha value is -0.120. The van der Waals surface area contributed by atoms with Gasteiger partial charge in [0.2, 0.25) is 0 Å². The summed E-state index contributed by atoms with van der Waals surface area (Å²) in [5, 5.41) is 0. The van der Waals surface area contributed by atoms with Crippen molar-refractivity contribution in [2.45, 2.75) is 43.8 Å². The van der Waals surface area contributed by atoms with Crippen LogP contribution in [-0.2, 0) is 6.42 Å². The van der Waals surface area contributed by atoms with E-state index in [1.165, 1.54) is 11.3 Å². The van der Waals surface area contributed by atoms with Gasteiger partial charge in [-0.3, -0.25) is 0 Å². The first-order valence-electron chi connectivity index (χ1n) is 5.26. The molecule has 4 heteroatoms. The SMILES string of the molecule is NC1CCC(F)(Cc2ccc(Cl)s2)CC1. The van der Waals surface area contributed by atoms with E-state index in [4.69, 9.17) is 17.3 Å². The van der Waals surface area contributed by atoms with E-state index in [1.54, 1.807) is 0 Å². The van der Waals surface area contributed by atoms with Crippen molar-refractivity contribution >= 4 is 22.9 Å². The van der Waals surface area contributed by atoms with Gasteiger partial charge in [-0.15, -0.1) is 11.3 Å². The van der Waals surface area contributed by atoms with Crippen molar-refractivity contribution in [1.82, 2.24) is 0 Å². The molecule has 0 bridgehead atoms. The fraction of sp³-hybridized carbons (Fsp3) is 0.636. The summed E-state index contributed by atoms with van der Waals surface area (Å²) in [7, 11) is 0. The maximum Gasteiger partial charge on any atom is 0.116 e. The predicted octanol–water partition coefficient (Wildman–Crippen LogP) is 3.55. The van der Waals surface area contributed by atoms with Gasteiger partial charge >= 0.3 is 0 Å². The average Bonchev–Trinajstić information content (AvgIpc) is 2.57. The molecule has 1 aliphatic rings. The van der Waals surface area contributed by atoms with Crippen molar-refractivity contribution in [2.75, 3.05) is 0 Å². The van der Waals surface area contributed by atoms with Crippen LogP contribution in [-0.4, -0.2) is 11.7 Å². The Morgan fingerprint density at radius 1 is 1.47 bits per heavy atom. The highest BCUT2D eigenvalue weighted by Crippen LogP contribution is 2.36. The van der Waals surface area contributed by atoms with E-state index in [2.05, 4.69) is 0 Å². The largest absolute Gasteiger partial charge is 0.328 e. The lowest BCUT2D eigenvalue weighted by atomic mass is 9.81. The van der Waals surface area contributed by atoms with Crippen molar-refractivity contribution in [3.63, 3.8) is 0 Å². The predicted molar refractivity (Wildman–Crippen MR) is 63.3 cm³/mol. The molecular weight excluding hydrogens is 233 g/mol. The number of rotatable bonds is 2. The Labute approximate surface area is 98.4 Å². The van der Waals surface area contributed by atoms with Gasteiger partial charge in [0.05, 0.1) is 4.34 Å². The molecule has 2 rings (SSSR count). The van der Waals surface area contributed by atoms with Gasteiger partial charge in [-0.25, -0.2) is 4.39 Å². The molecular formula is C11H15ClFNS. The van der Waals surface area contributed by atoms with Crippen LogP contribution in [0.5, 0.6) is 0 Å².